The fourth-order valence-electron chi connectivity index (χ4n) is 5.24. The maximum absolute atomic E-state index is 11.6. The highest BCUT2D eigenvalue weighted by Gasteiger charge is 2.48. The molecule has 3 heteroatoms. The third-order valence-corrected chi connectivity index (χ3v) is 6.90. The molecule has 0 aliphatic heterocycles. The Labute approximate surface area is 183 Å². The molecule has 0 heterocycles. The van der Waals surface area contributed by atoms with Gasteiger partial charge >= 0.3 is 5.97 Å². The van der Waals surface area contributed by atoms with Crippen molar-refractivity contribution in [3.63, 3.8) is 0 Å². The van der Waals surface area contributed by atoms with Gasteiger partial charge in [-0.15, -0.1) is 0 Å². The number of fused-ring (bicyclic) bond motifs is 2. The number of aliphatic hydroxyl groups is 1. The van der Waals surface area contributed by atoms with E-state index in [0.717, 1.165) is 36.0 Å². The molecule has 3 aromatic carbocycles. The van der Waals surface area contributed by atoms with E-state index in [1.165, 1.54) is 29.4 Å². The lowest BCUT2D eigenvalue weighted by Gasteiger charge is -2.35. The van der Waals surface area contributed by atoms with Crippen molar-refractivity contribution in [1.29, 1.82) is 0 Å². The normalized spacial score (nSPS) is 21.4. The molecular formula is C28H26O3. The Balaban J connectivity index is 1.50. The number of carbonyl (C=O) groups excluding carboxylic acids is 1. The predicted molar refractivity (Wildman–Crippen MR) is 122 cm³/mol. The zero-order chi connectivity index (χ0) is 21.4. The number of rotatable bonds is 5. The van der Waals surface area contributed by atoms with Crippen LogP contribution in [0.4, 0.5) is 0 Å². The average Bonchev–Trinajstić information content (AvgIpc) is 3.35. The summed E-state index contributed by atoms with van der Waals surface area (Å²) >= 11 is 0. The molecule has 3 aromatic rings. The fourth-order valence-corrected chi connectivity index (χ4v) is 5.24. The van der Waals surface area contributed by atoms with E-state index in [4.69, 9.17) is 4.74 Å². The lowest BCUT2D eigenvalue weighted by atomic mass is 9.70. The van der Waals surface area contributed by atoms with Crippen LogP contribution in [-0.4, -0.2) is 18.2 Å². The first-order valence-corrected chi connectivity index (χ1v) is 10.8. The summed E-state index contributed by atoms with van der Waals surface area (Å²) in [6, 6.07) is 24.9. The van der Waals surface area contributed by atoms with Crippen molar-refractivity contribution < 1.29 is 14.6 Å². The van der Waals surface area contributed by atoms with Crippen LogP contribution >= 0.6 is 0 Å². The molecule has 156 valence electrons. The second kappa shape index (κ2) is 7.82. The summed E-state index contributed by atoms with van der Waals surface area (Å²) in [6.45, 7) is 0. The topological polar surface area (TPSA) is 46.5 Å². The van der Waals surface area contributed by atoms with Crippen molar-refractivity contribution in [3.05, 3.63) is 112 Å². The number of benzene rings is 3. The van der Waals surface area contributed by atoms with Crippen LogP contribution in [0.25, 0.3) is 6.08 Å². The van der Waals surface area contributed by atoms with Crippen LogP contribution in [0, 0.1) is 5.41 Å². The van der Waals surface area contributed by atoms with Gasteiger partial charge in [-0.1, -0.05) is 84.4 Å². The van der Waals surface area contributed by atoms with Gasteiger partial charge in [-0.05, 0) is 52.6 Å². The number of hydrogen-bond acceptors (Lipinski definition) is 3. The zero-order valence-electron chi connectivity index (χ0n) is 17.7. The first kappa shape index (κ1) is 19.8. The fraction of sp³-hybridized carbons (Fsp3) is 0.250. The molecule has 0 saturated carbocycles. The van der Waals surface area contributed by atoms with E-state index in [-0.39, 0.29) is 17.8 Å². The third kappa shape index (κ3) is 3.49. The van der Waals surface area contributed by atoms with Crippen LogP contribution in [0.2, 0.25) is 0 Å². The van der Waals surface area contributed by atoms with Gasteiger partial charge in [-0.2, -0.15) is 0 Å². The first-order valence-electron chi connectivity index (χ1n) is 10.8. The minimum Gasteiger partial charge on any atom is -0.469 e. The molecule has 2 atom stereocenters. The number of hydrogen-bond donors (Lipinski definition) is 1. The number of methoxy groups -OCH3 is 1. The molecular weight excluding hydrogens is 384 g/mol. The van der Waals surface area contributed by atoms with Crippen molar-refractivity contribution in [2.24, 2.45) is 5.41 Å². The summed E-state index contributed by atoms with van der Waals surface area (Å²) in [5.41, 5.74) is 7.89. The van der Waals surface area contributed by atoms with Crippen LogP contribution in [0.5, 0.6) is 0 Å². The van der Waals surface area contributed by atoms with Gasteiger partial charge in [-0.25, -0.2) is 0 Å². The predicted octanol–water partition coefficient (Wildman–Crippen LogP) is 4.86. The van der Waals surface area contributed by atoms with Crippen molar-refractivity contribution in [2.75, 3.05) is 7.11 Å². The first-order chi connectivity index (χ1) is 15.1. The van der Waals surface area contributed by atoms with Gasteiger partial charge in [0.2, 0.25) is 0 Å². The Hall–Kier alpha value is -3.17. The van der Waals surface area contributed by atoms with E-state index in [0.29, 0.717) is 0 Å². The van der Waals surface area contributed by atoms with Crippen LogP contribution in [0.3, 0.4) is 0 Å². The molecule has 2 unspecified atom stereocenters. The number of esters is 1. The minimum absolute atomic E-state index is 0.236. The van der Waals surface area contributed by atoms with Gasteiger partial charge < -0.3 is 9.84 Å². The van der Waals surface area contributed by atoms with E-state index in [1.54, 1.807) is 0 Å². The van der Waals surface area contributed by atoms with E-state index < -0.39 is 6.10 Å². The molecule has 0 bridgehead atoms. The summed E-state index contributed by atoms with van der Waals surface area (Å²) in [5, 5.41) is 11.6. The standard InChI is InChI=1S/C28H26O3/c1-31-26(29)14-19-10-12-20(13-11-19)17-28(18-23-8-4-5-9-25(23)27(28)30)24-15-21-6-2-3-7-22(21)16-24/h2-13,15,27,30H,14,16-18H2,1H3. The molecule has 1 N–H and O–H groups in total. The Morgan fingerprint density at radius 3 is 2.35 bits per heavy atom. The molecule has 0 radical (unpaired) electrons. The second-order valence-electron chi connectivity index (χ2n) is 8.73. The Morgan fingerprint density at radius 2 is 1.65 bits per heavy atom. The Kier molecular flexibility index (Phi) is 4.99. The SMILES string of the molecule is COC(=O)Cc1ccc(CC2(C3=Cc4ccccc4C3)Cc3ccccc3C2O)cc1. The van der Waals surface area contributed by atoms with Gasteiger partial charge in [-0.3, -0.25) is 4.79 Å². The van der Waals surface area contributed by atoms with Gasteiger partial charge in [0.15, 0.2) is 0 Å². The molecule has 0 fully saturated rings. The van der Waals surface area contributed by atoms with Crippen molar-refractivity contribution in [2.45, 2.75) is 31.8 Å². The molecule has 0 aromatic heterocycles. The maximum atomic E-state index is 11.6. The highest BCUT2D eigenvalue weighted by molar-refractivity contribution is 5.72. The molecule has 0 amide bonds. The number of aliphatic hydroxyl groups excluding tert-OH is 1. The number of carbonyl (C=O) groups is 1. The van der Waals surface area contributed by atoms with Crippen LogP contribution in [-0.2, 0) is 35.2 Å². The molecule has 0 saturated heterocycles. The quantitative estimate of drug-likeness (QED) is 0.611. The van der Waals surface area contributed by atoms with E-state index in [2.05, 4.69) is 60.7 Å². The molecule has 31 heavy (non-hydrogen) atoms. The third-order valence-electron chi connectivity index (χ3n) is 6.90. The summed E-state index contributed by atoms with van der Waals surface area (Å²) < 4.78 is 4.78. The van der Waals surface area contributed by atoms with Crippen molar-refractivity contribution in [1.82, 2.24) is 0 Å². The highest BCUT2D eigenvalue weighted by Crippen LogP contribution is 2.54. The van der Waals surface area contributed by atoms with E-state index in [9.17, 15) is 9.90 Å². The van der Waals surface area contributed by atoms with Gasteiger partial charge in [0.25, 0.3) is 0 Å². The lowest BCUT2D eigenvalue weighted by molar-refractivity contribution is -0.139. The molecule has 2 aliphatic carbocycles. The molecule has 5 rings (SSSR count). The van der Waals surface area contributed by atoms with Crippen molar-refractivity contribution in [3.8, 4) is 0 Å². The summed E-state index contributed by atoms with van der Waals surface area (Å²) in [4.78, 5) is 11.6. The monoisotopic (exact) mass is 410 g/mol. The summed E-state index contributed by atoms with van der Waals surface area (Å²) in [5.74, 6) is -0.236. The summed E-state index contributed by atoms with van der Waals surface area (Å²) in [6.07, 6.45) is 4.47. The van der Waals surface area contributed by atoms with Gasteiger partial charge in [0.05, 0.1) is 19.6 Å². The highest BCUT2D eigenvalue weighted by atomic mass is 16.5. The lowest BCUT2D eigenvalue weighted by Crippen LogP contribution is -2.31. The van der Waals surface area contributed by atoms with E-state index >= 15 is 0 Å². The second-order valence-corrected chi connectivity index (χ2v) is 8.73. The van der Waals surface area contributed by atoms with Crippen molar-refractivity contribution >= 4 is 12.0 Å². The Bertz CT molecular complexity index is 1160. The van der Waals surface area contributed by atoms with Crippen LogP contribution in [0.15, 0.2) is 78.4 Å². The average molecular weight is 411 g/mol. The smallest absolute Gasteiger partial charge is 0.309 e. The van der Waals surface area contributed by atoms with E-state index in [1.807, 2.05) is 18.2 Å². The number of ether oxygens (including phenoxy) is 1. The van der Waals surface area contributed by atoms with Gasteiger partial charge in [0, 0.05) is 5.41 Å². The summed E-state index contributed by atoms with van der Waals surface area (Å²) in [7, 11) is 1.41. The van der Waals surface area contributed by atoms with Crippen LogP contribution < -0.4 is 0 Å². The van der Waals surface area contributed by atoms with Gasteiger partial charge in [0.1, 0.15) is 0 Å². The molecule has 3 nitrogen and oxygen atoms in total. The molecule has 0 spiro atoms. The zero-order valence-corrected chi connectivity index (χ0v) is 17.7. The molecule has 2 aliphatic rings. The maximum Gasteiger partial charge on any atom is 0.309 e. The van der Waals surface area contributed by atoms with Crippen LogP contribution in [0.1, 0.15) is 39.5 Å². The Morgan fingerprint density at radius 1 is 0.968 bits per heavy atom. The minimum atomic E-state index is -0.543. The largest absolute Gasteiger partial charge is 0.469 e.